The number of aromatic nitrogens is 2. The Labute approximate surface area is 117 Å². The Morgan fingerprint density at radius 1 is 1.30 bits per heavy atom. The van der Waals surface area contributed by atoms with Crippen molar-refractivity contribution in [3.8, 4) is 17.0 Å². The highest BCUT2D eigenvalue weighted by Gasteiger charge is 2.26. The Hall–Kier alpha value is -2.10. The van der Waals surface area contributed by atoms with Crippen molar-refractivity contribution in [1.82, 2.24) is 9.97 Å². The van der Waals surface area contributed by atoms with E-state index in [1.807, 2.05) is 38.1 Å². The van der Waals surface area contributed by atoms with Crippen LogP contribution >= 0.6 is 0 Å². The van der Waals surface area contributed by atoms with Gasteiger partial charge in [0.25, 0.3) is 5.56 Å². The van der Waals surface area contributed by atoms with Crippen LogP contribution in [0, 0.1) is 0 Å². The number of rotatable bonds is 4. The van der Waals surface area contributed by atoms with Crippen molar-refractivity contribution in [3.63, 3.8) is 0 Å². The van der Waals surface area contributed by atoms with Gasteiger partial charge in [-0.15, -0.1) is 0 Å². The number of para-hydroxylation sites is 1. The number of nitrogens with zero attached hydrogens (tertiary/aromatic N) is 1. The van der Waals surface area contributed by atoms with Crippen molar-refractivity contribution in [2.45, 2.75) is 38.7 Å². The van der Waals surface area contributed by atoms with Gasteiger partial charge in [-0.3, -0.25) is 4.79 Å². The summed E-state index contributed by atoms with van der Waals surface area (Å²) in [6, 6.07) is 9.25. The summed E-state index contributed by atoms with van der Waals surface area (Å²) in [5, 5.41) is 0. The Kier molecular flexibility index (Phi) is 3.30. The minimum atomic E-state index is -0.101. The van der Waals surface area contributed by atoms with Crippen LogP contribution in [0.25, 0.3) is 11.3 Å². The molecule has 1 aromatic heterocycles. The molecule has 1 aromatic carbocycles. The molecule has 0 aliphatic heterocycles. The molecule has 1 N–H and O–H groups in total. The average Bonchev–Trinajstić information content (AvgIpc) is 3.22. The third-order valence-electron chi connectivity index (χ3n) is 3.25. The van der Waals surface area contributed by atoms with Gasteiger partial charge in [0.1, 0.15) is 11.6 Å². The monoisotopic (exact) mass is 270 g/mol. The summed E-state index contributed by atoms with van der Waals surface area (Å²) < 4.78 is 5.80. The molecule has 0 amide bonds. The van der Waals surface area contributed by atoms with Gasteiger partial charge in [0.2, 0.25) is 0 Å². The molecule has 2 aromatic rings. The Morgan fingerprint density at radius 3 is 2.75 bits per heavy atom. The first-order chi connectivity index (χ1) is 9.63. The smallest absolute Gasteiger partial charge is 0.251 e. The number of benzene rings is 1. The van der Waals surface area contributed by atoms with E-state index in [9.17, 15) is 4.79 Å². The fourth-order valence-electron chi connectivity index (χ4n) is 2.20. The second kappa shape index (κ2) is 5.12. The normalized spacial score (nSPS) is 14.6. The third-order valence-corrected chi connectivity index (χ3v) is 3.25. The largest absolute Gasteiger partial charge is 0.490 e. The van der Waals surface area contributed by atoms with Gasteiger partial charge in [-0.2, -0.15) is 0 Å². The molecule has 0 bridgehead atoms. The van der Waals surface area contributed by atoms with Crippen molar-refractivity contribution < 1.29 is 4.74 Å². The number of hydrogen-bond acceptors (Lipinski definition) is 3. The molecule has 20 heavy (non-hydrogen) atoms. The zero-order valence-corrected chi connectivity index (χ0v) is 11.7. The van der Waals surface area contributed by atoms with E-state index in [0.717, 1.165) is 30.0 Å². The molecule has 1 aliphatic rings. The van der Waals surface area contributed by atoms with Gasteiger partial charge in [0.05, 0.1) is 11.8 Å². The second-order valence-corrected chi connectivity index (χ2v) is 5.45. The Balaban J connectivity index is 2.06. The number of nitrogens with one attached hydrogen (secondary N) is 1. The number of aromatic amines is 1. The predicted octanol–water partition coefficient (Wildman–Crippen LogP) is 3.10. The van der Waals surface area contributed by atoms with E-state index in [4.69, 9.17) is 4.74 Å². The summed E-state index contributed by atoms with van der Waals surface area (Å²) in [6.07, 6.45) is 2.30. The van der Waals surface area contributed by atoms with Crippen LogP contribution < -0.4 is 10.3 Å². The molecule has 1 heterocycles. The quantitative estimate of drug-likeness (QED) is 0.928. The fourth-order valence-corrected chi connectivity index (χ4v) is 2.20. The molecule has 1 saturated carbocycles. The SMILES string of the molecule is CC(C)Oc1ccccc1-c1cc(=O)[nH]c(C2CC2)n1. The van der Waals surface area contributed by atoms with Crippen LogP contribution in [-0.4, -0.2) is 16.1 Å². The van der Waals surface area contributed by atoms with Gasteiger partial charge in [-0.05, 0) is 38.8 Å². The molecule has 0 atom stereocenters. The molecule has 3 rings (SSSR count). The van der Waals surface area contributed by atoms with Crippen molar-refractivity contribution in [3.05, 3.63) is 46.5 Å². The van der Waals surface area contributed by atoms with E-state index < -0.39 is 0 Å². The molecule has 104 valence electrons. The summed E-state index contributed by atoms with van der Waals surface area (Å²) in [6.45, 7) is 3.97. The maximum absolute atomic E-state index is 11.8. The topological polar surface area (TPSA) is 55.0 Å². The van der Waals surface area contributed by atoms with Crippen LogP contribution in [-0.2, 0) is 0 Å². The molecule has 0 saturated heterocycles. The zero-order valence-electron chi connectivity index (χ0n) is 11.7. The first-order valence-electron chi connectivity index (χ1n) is 7.01. The lowest BCUT2D eigenvalue weighted by Crippen LogP contribution is -2.11. The molecular weight excluding hydrogens is 252 g/mol. The Bertz CT molecular complexity index is 672. The van der Waals surface area contributed by atoms with E-state index in [-0.39, 0.29) is 11.7 Å². The maximum atomic E-state index is 11.8. The molecule has 0 radical (unpaired) electrons. The van der Waals surface area contributed by atoms with Crippen LogP contribution in [0.15, 0.2) is 35.1 Å². The van der Waals surface area contributed by atoms with Crippen LogP contribution in [0.4, 0.5) is 0 Å². The van der Waals surface area contributed by atoms with Crippen LogP contribution in [0.2, 0.25) is 0 Å². The molecule has 1 aliphatic carbocycles. The predicted molar refractivity (Wildman–Crippen MR) is 78.0 cm³/mol. The Morgan fingerprint density at radius 2 is 2.05 bits per heavy atom. The first-order valence-corrected chi connectivity index (χ1v) is 7.01. The molecule has 4 nitrogen and oxygen atoms in total. The lowest BCUT2D eigenvalue weighted by molar-refractivity contribution is 0.243. The van der Waals surface area contributed by atoms with Crippen LogP contribution in [0.5, 0.6) is 5.75 Å². The molecule has 1 fully saturated rings. The van der Waals surface area contributed by atoms with Gasteiger partial charge >= 0.3 is 0 Å². The van der Waals surface area contributed by atoms with E-state index in [0.29, 0.717) is 11.6 Å². The van der Waals surface area contributed by atoms with E-state index in [1.165, 1.54) is 6.07 Å². The average molecular weight is 270 g/mol. The summed E-state index contributed by atoms with van der Waals surface area (Å²) in [5.74, 6) is 1.98. The maximum Gasteiger partial charge on any atom is 0.251 e. The summed E-state index contributed by atoms with van der Waals surface area (Å²) in [4.78, 5) is 19.2. The fraction of sp³-hybridized carbons (Fsp3) is 0.375. The van der Waals surface area contributed by atoms with Crippen LogP contribution in [0.1, 0.15) is 38.4 Å². The highest BCUT2D eigenvalue weighted by molar-refractivity contribution is 5.66. The zero-order chi connectivity index (χ0) is 14.1. The minimum Gasteiger partial charge on any atom is -0.490 e. The van der Waals surface area contributed by atoms with Crippen molar-refractivity contribution in [2.24, 2.45) is 0 Å². The molecule has 0 spiro atoms. The van der Waals surface area contributed by atoms with Crippen molar-refractivity contribution >= 4 is 0 Å². The lowest BCUT2D eigenvalue weighted by Gasteiger charge is -2.14. The minimum absolute atomic E-state index is 0.0843. The number of ether oxygens (including phenoxy) is 1. The van der Waals surface area contributed by atoms with Gasteiger partial charge in [0.15, 0.2) is 0 Å². The second-order valence-electron chi connectivity index (χ2n) is 5.45. The van der Waals surface area contributed by atoms with Gasteiger partial charge in [-0.1, -0.05) is 12.1 Å². The number of hydrogen-bond donors (Lipinski definition) is 1. The van der Waals surface area contributed by atoms with Gasteiger partial charge in [-0.25, -0.2) is 4.98 Å². The lowest BCUT2D eigenvalue weighted by atomic mass is 10.1. The van der Waals surface area contributed by atoms with E-state index in [2.05, 4.69) is 9.97 Å². The number of H-pyrrole nitrogens is 1. The van der Waals surface area contributed by atoms with E-state index >= 15 is 0 Å². The first kappa shape index (κ1) is 12.9. The van der Waals surface area contributed by atoms with Crippen molar-refractivity contribution in [1.29, 1.82) is 0 Å². The molecular formula is C16H18N2O2. The summed E-state index contributed by atoms with van der Waals surface area (Å²) in [5.41, 5.74) is 1.46. The summed E-state index contributed by atoms with van der Waals surface area (Å²) >= 11 is 0. The van der Waals surface area contributed by atoms with Gasteiger partial charge in [0, 0.05) is 17.5 Å². The highest BCUT2D eigenvalue weighted by atomic mass is 16.5. The highest BCUT2D eigenvalue weighted by Crippen LogP contribution is 2.38. The van der Waals surface area contributed by atoms with E-state index in [1.54, 1.807) is 0 Å². The molecule has 0 unspecified atom stereocenters. The summed E-state index contributed by atoms with van der Waals surface area (Å²) in [7, 11) is 0. The third kappa shape index (κ3) is 2.74. The van der Waals surface area contributed by atoms with Crippen molar-refractivity contribution in [2.75, 3.05) is 0 Å². The molecule has 4 heteroatoms. The van der Waals surface area contributed by atoms with Gasteiger partial charge < -0.3 is 9.72 Å². The standard InChI is InChI=1S/C16H18N2O2/c1-10(2)20-14-6-4-3-5-12(14)13-9-15(19)18-16(17-13)11-7-8-11/h3-6,9-11H,7-8H2,1-2H3,(H,17,18,19). The van der Waals surface area contributed by atoms with Crippen LogP contribution in [0.3, 0.4) is 0 Å².